The van der Waals surface area contributed by atoms with Crippen LogP contribution in [-0.2, 0) is 0 Å². The number of carbonyl (C=O) groups is 1. The van der Waals surface area contributed by atoms with Gasteiger partial charge in [-0.05, 0) is 53.6 Å². The molecule has 0 aliphatic heterocycles. The molecule has 2 aromatic carbocycles. The lowest BCUT2D eigenvalue weighted by atomic mass is 10.1. The fourth-order valence-corrected chi connectivity index (χ4v) is 3.26. The van der Waals surface area contributed by atoms with E-state index in [1.54, 1.807) is 24.3 Å². The van der Waals surface area contributed by atoms with Crippen LogP contribution in [0.5, 0.6) is 23.0 Å². The first-order valence-electron chi connectivity index (χ1n) is 10.5. The summed E-state index contributed by atoms with van der Waals surface area (Å²) in [6.07, 6.45) is 1.35. The molecule has 2 aromatic heterocycles. The Bertz CT molecular complexity index is 1370. The number of phenols is 1. The zero-order valence-corrected chi connectivity index (χ0v) is 19.5. The summed E-state index contributed by atoms with van der Waals surface area (Å²) < 4.78 is 21.7. The van der Waals surface area contributed by atoms with E-state index in [-0.39, 0.29) is 40.3 Å². The monoisotopic (exact) mass is 494 g/mol. The molecular weight excluding hydrogens is 472 g/mol. The minimum Gasteiger partial charge on any atom is -0.502 e. The van der Waals surface area contributed by atoms with E-state index in [0.29, 0.717) is 23.5 Å². The lowest BCUT2D eigenvalue weighted by Gasteiger charge is -2.09. The third-order valence-electron chi connectivity index (χ3n) is 4.90. The molecule has 0 atom stereocenters. The van der Waals surface area contributed by atoms with E-state index in [1.165, 1.54) is 37.2 Å². The first-order chi connectivity index (χ1) is 17.5. The Morgan fingerprint density at radius 2 is 1.89 bits per heavy atom. The molecule has 0 radical (unpaired) electrons. The molecule has 0 bridgehead atoms. The van der Waals surface area contributed by atoms with Crippen LogP contribution in [0.1, 0.15) is 23.0 Å². The molecule has 1 amide bonds. The summed E-state index contributed by atoms with van der Waals surface area (Å²) in [7, 11) is 2.81. The van der Waals surface area contributed by atoms with Gasteiger partial charge in [0.15, 0.2) is 17.2 Å². The van der Waals surface area contributed by atoms with E-state index in [2.05, 4.69) is 35.8 Å². The summed E-state index contributed by atoms with van der Waals surface area (Å²) in [5, 5.41) is 29.3. The van der Waals surface area contributed by atoms with Gasteiger partial charge < -0.3 is 25.1 Å². The van der Waals surface area contributed by atoms with E-state index in [4.69, 9.17) is 19.9 Å². The number of amides is 1. The van der Waals surface area contributed by atoms with Gasteiger partial charge >= 0.3 is 0 Å². The number of ether oxygens (including phenoxy) is 3. The van der Waals surface area contributed by atoms with E-state index in [9.17, 15) is 9.90 Å². The van der Waals surface area contributed by atoms with Gasteiger partial charge in [-0.15, -0.1) is 5.10 Å². The number of rotatable bonds is 9. The number of phenolic OH excluding ortho intramolecular Hbond substituents is 1. The third kappa shape index (κ3) is 4.72. The van der Waals surface area contributed by atoms with Crippen molar-refractivity contribution < 1.29 is 28.7 Å². The Kier molecular flexibility index (Phi) is 6.95. The second kappa shape index (κ2) is 10.4. The second-order valence-electron chi connectivity index (χ2n) is 7.10. The Morgan fingerprint density at radius 1 is 1.19 bits per heavy atom. The van der Waals surface area contributed by atoms with Gasteiger partial charge in [0, 0.05) is 11.1 Å². The summed E-state index contributed by atoms with van der Waals surface area (Å²) in [5.74, 6) is 0.236. The van der Waals surface area contributed by atoms with Gasteiger partial charge in [0.25, 0.3) is 5.91 Å². The van der Waals surface area contributed by atoms with Crippen LogP contribution in [0.4, 0.5) is 5.82 Å². The summed E-state index contributed by atoms with van der Waals surface area (Å²) in [6, 6.07) is 10.0. The Balaban J connectivity index is 1.66. The quantitative estimate of drug-likeness (QED) is 0.227. The molecule has 0 saturated heterocycles. The normalized spacial score (nSPS) is 11.0. The predicted octanol–water partition coefficient (Wildman–Crippen LogP) is 1.78. The van der Waals surface area contributed by atoms with Crippen LogP contribution >= 0.6 is 0 Å². The highest BCUT2D eigenvalue weighted by molar-refractivity contribution is 5.99. The lowest BCUT2D eigenvalue weighted by Crippen LogP contribution is -2.19. The number of nitrogens with one attached hydrogen (secondary N) is 1. The van der Waals surface area contributed by atoms with E-state index in [0.717, 1.165) is 0 Å². The van der Waals surface area contributed by atoms with Crippen molar-refractivity contribution in [2.24, 2.45) is 5.10 Å². The molecule has 0 unspecified atom stereocenters. The van der Waals surface area contributed by atoms with Crippen molar-refractivity contribution in [3.8, 4) is 40.1 Å². The second-order valence-corrected chi connectivity index (χ2v) is 7.10. The number of nitrogen functional groups attached to an aromatic ring is 1. The summed E-state index contributed by atoms with van der Waals surface area (Å²) in [4.78, 5) is 13.0. The van der Waals surface area contributed by atoms with E-state index < -0.39 is 5.91 Å². The highest BCUT2D eigenvalue weighted by Gasteiger charge is 2.25. The first-order valence-corrected chi connectivity index (χ1v) is 10.5. The van der Waals surface area contributed by atoms with Crippen LogP contribution in [0, 0.1) is 0 Å². The summed E-state index contributed by atoms with van der Waals surface area (Å²) in [6.45, 7) is 2.38. The van der Waals surface area contributed by atoms with Crippen LogP contribution in [-0.4, -0.2) is 63.4 Å². The molecule has 4 aromatic rings. The number of aromatic hydroxyl groups is 1. The third-order valence-corrected chi connectivity index (χ3v) is 4.90. The van der Waals surface area contributed by atoms with Crippen molar-refractivity contribution in [1.82, 2.24) is 30.7 Å². The number of anilines is 1. The van der Waals surface area contributed by atoms with Gasteiger partial charge in [-0.1, -0.05) is 5.21 Å². The average Bonchev–Trinajstić information content (AvgIpc) is 3.51. The predicted molar refractivity (Wildman–Crippen MR) is 127 cm³/mol. The van der Waals surface area contributed by atoms with Crippen molar-refractivity contribution in [2.45, 2.75) is 6.92 Å². The largest absolute Gasteiger partial charge is 0.502 e. The van der Waals surface area contributed by atoms with Crippen LogP contribution in [0.25, 0.3) is 17.1 Å². The van der Waals surface area contributed by atoms with Crippen molar-refractivity contribution in [3.63, 3.8) is 0 Å². The average molecular weight is 494 g/mol. The van der Waals surface area contributed by atoms with Gasteiger partial charge in [0.1, 0.15) is 11.4 Å². The number of nitrogens with two attached hydrogens (primary N) is 1. The number of hydrogen-bond donors (Lipinski definition) is 3. The van der Waals surface area contributed by atoms with Gasteiger partial charge in [0.2, 0.25) is 17.4 Å². The molecule has 2 heterocycles. The highest BCUT2D eigenvalue weighted by Crippen LogP contribution is 2.36. The maximum atomic E-state index is 13.0. The molecule has 0 saturated carbocycles. The Morgan fingerprint density at radius 3 is 2.47 bits per heavy atom. The molecule has 186 valence electrons. The van der Waals surface area contributed by atoms with Crippen LogP contribution in [0.2, 0.25) is 0 Å². The van der Waals surface area contributed by atoms with Crippen molar-refractivity contribution in [1.29, 1.82) is 0 Å². The summed E-state index contributed by atoms with van der Waals surface area (Å²) in [5.41, 5.74) is 9.54. The van der Waals surface area contributed by atoms with Crippen molar-refractivity contribution in [3.05, 3.63) is 47.7 Å². The smallest absolute Gasteiger partial charge is 0.294 e. The van der Waals surface area contributed by atoms with Gasteiger partial charge in [0.05, 0.1) is 27.0 Å². The fraction of sp³-hybridized carbons (Fsp3) is 0.182. The Hall–Kier alpha value is -5.14. The molecule has 0 aliphatic carbocycles. The van der Waals surface area contributed by atoms with Crippen molar-refractivity contribution >= 4 is 17.9 Å². The number of aromatic nitrogens is 5. The first kappa shape index (κ1) is 24.0. The number of hydrazone groups is 1. The Labute approximate surface area is 204 Å². The zero-order valence-electron chi connectivity index (χ0n) is 19.5. The maximum Gasteiger partial charge on any atom is 0.294 e. The van der Waals surface area contributed by atoms with Gasteiger partial charge in [-0.2, -0.15) is 9.78 Å². The SMILES string of the molecule is CCOc1ccc(-c2c(C(=O)N/N=C\c3cc(OC)c(O)c(OC)c3)nnn2-c2nonc2N)cc1. The van der Waals surface area contributed by atoms with Crippen LogP contribution < -0.4 is 25.4 Å². The maximum absolute atomic E-state index is 13.0. The molecule has 4 rings (SSSR count). The van der Waals surface area contributed by atoms with Crippen molar-refractivity contribution in [2.75, 3.05) is 26.6 Å². The number of benzene rings is 2. The minimum absolute atomic E-state index is 0.0349. The summed E-state index contributed by atoms with van der Waals surface area (Å²) >= 11 is 0. The number of methoxy groups -OCH3 is 2. The van der Waals surface area contributed by atoms with E-state index in [1.807, 2.05) is 6.92 Å². The molecule has 36 heavy (non-hydrogen) atoms. The molecule has 4 N–H and O–H groups in total. The topological polar surface area (TPSA) is 185 Å². The van der Waals surface area contributed by atoms with Gasteiger partial charge in [-0.25, -0.2) is 10.1 Å². The molecule has 0 fully saturated rings. The zero-order chi connectivity index (χ0) is 25.7. The fourth-order valence-electron chi connectivity index (χ4n) is 3.26. The molecular formula is C22H22N8O6. The highest BCUT2D eigenvalue weighted by atomic mass is 16.6. The van der Waals surface area contributed by atoms with E-state index >= 15 is 0 Å². The molecule has 14 heteroatoms. The molecule has 14 nitrogen and oxygen atoms in total. The molecule has 0 aliphatic rings. The minimum atomic E-state index is -0.658. The number of carbonyl (C=O) groups excluding carboxylic acids is 1. The van der Waals surface area contributed by atoms with Crippen LogP contribution in [0.15, 0.2) is 46.1 Å². The van der Waals surface area contributed by atoms with Gasteiger partial charge in [-0.3, -0.25) is 4.79 Å². The molecule has 0 spiro atoms. The van der Waals surface area contributed by atoms with Crippen LogP contribution in [0.3, 0.4) is 0 Å². The number of hydrogen-bond acceptors (Lipinski definition) is 12. The lowest BCUT2D eigenvalue weighted by molar-refractivity contribution is 0.0950. The number of nitrogens with zero attached hydrogens (tertiary/aromatic N) is 6. The standard InChI is InChI=1S/C22H22N8O6/c1-4-35-14-7-5-13(6-8-14)18-17(25-29-30(18)21-20(23)27-36-28-21)22(32)26-24-11-12-9-15(33-2)19(31)16(10-12)34-3/h5-11,31H,4H2,1-3H3,(H2,23,27)(H,26,32)/b24-11-.